The molecule has 0 saturated carbocycles. The second-order valence-corrected chi connectivity index (χ2v) is 5.72. The van der Waals surface area contributed by atoms with Gasteiger partial charge in [0.2, 0.25) is 0 Å². The summed E-state index contributed by atoms with van der Waals surface area (Å²) in [5.41, 5.74) is 2.83. The smallest absolute Gasteiger partial charge is 0.408 e. The van der Waals surface area contributed by atoms with Crippen LogP contribution in [-0.2, 0) is 0 Å². The number of anilines is 1. The van der Waals surface area contributed by atoms with Crippen molar-refractivity contribution >= 4 is 22.7 Å². The number of H-pyrrole nitrogens is 1. The van der Waals surface area contributed by atoms with Crippen LogP contribution in [0.15, 0.2) is 51.9 Å². The van der Waals surface area contributed by atoms with Crippen LogP contribution in [0.1, 0.15) is 10.4 Å². The standard InChI is InChI=1S/C17H16N4O3/c22-16(12-2-1-5-18-11-12)21-8-6-20(7-9-21)13-3-4-14-15(10-13)24-17(23)19-14/h1-5,10-11H,6-9H2,(H,19,23). The SMILES string of the molecule is O=C(c1cccnc1)N1CCN(c2ccc3[nH]c(=O)oc3c2)CC1. The Balaban J connectivity index is 1.47. The third-order valence-electron chi connectivity index (χ3n) is 4.25. The molecule has 24 heavy (non-hydrogen) atoms. The van der Waals surface area contributed by atoms with Crippen molar-refractivity contribution in [2.24, 2.45) is 0 Å². The first-order chi connectivity index (χ1) is 11.7. The molecule has 0 spiro atoms. The largest absolute Gasteiger partial charge is 0.417 e. The molecule has 0 unspecified atom stereocenters. The van der Waals surface area contributed by atoms with E-state index in [9.17, 15) is 9.59 Å². The molecule has 3 aromatic rings. The van der Waals surface area contributed by atoms with Gasteiger partial charge in [-0.15, -0.1) is 0 Å². The monoisotopic (exact) mass is 324 g/mol. The van der Waals surface area contributed by atoms with Gasteiger partial charge in [0.1, 0.15) is 0 Å². The molecule has 122 valence electrons. The maximum atomic E-state index is 12.4. The topological polar surface area (TPSA) is 82.4 Å². The van der Waals surface area contributed by atoms with Crippen molar-refractivity contribution in [1.29, 1.82) is 0 Å². The summed E-state index contributed by atoms with van der Waals surface area (Å²) < 4.78 is 5.11. The number of oxazole rings is 1. The van der Waals surface area contributed by atoms with E-state index in [4.69, 9.17) is 4.42 Å². The number of nitrogens with one attached hydrogen (secondary N) is 1. The minimum Gasteiger partial charge on any atom is -0.408 e. The molecule has 1 N–H and O–H groups in total. The molecule has 0 atom stereocenters. The molecule has 0 bridgehead atoms. The van der Waals surface area contributed by atoms with Gasteiger partial charge in [0.25, 0.3) is 5.91 Å². The molecule has 4 rings (SSSR count). The van der Waals surface area contributed by atoms with Crippen LogP contribution in [0.4, 0.5) is 5.69 Å². The highest BCUT2D eigenvalue weighted by atomic mass is 16.4. The van der Waals surface area contributed by atoms with Gasteiger partial charge in [-0.3, -0.25) is 14.8 Å². The minimum atomic E-state index is -0.450. The van der Waals surface area contributed by atoms with Crippen molar-refractivity contribution in [2.75, 3.05) is 31.1 Å². The fourth-order valence-electron chi connectivity index (χ4n) is 2.97. The van der Waals surface area contributed by atoms with Gasteiger partial charge in [0, 0.05) is 50.3 Å². The second-order valence-electron chi connectivity index (χ2n) is 5.72. The lowest BCUT2D eigenvalue weighted by atomic mass is 10.2. The zero-order valence-corrected chi connectivity index (χ0v) is 12.9. The second kappa shape index (κ2) is 5.84. The van der Waals surface area contributed by atoms with Gasteiger partial charge in [-0.2, -0.15) is 0 Å². The molecular weight excluding hydrogens is 308 g/mol. The number of nitrogens with zero attached hydrogens (tertiary/aromatic N) is 3. The number of hydrogen-bond donors (Lipinski definition) is 1. The summed E-state index contributed by atoms with van der Waals surface area (Å²) in [6, 6.07) is 9.19. The van der Waals surface area contributed by atoms with Gasteiger partial charge < -0.3 is 14.2 Å². The van der Waals surface area contributed by atoms with Crippen molar-refractivity contribution < 1.29 is 9.21 Å². The summed E-state index contributed by atoms with van der Waals surface area (Å²) in [4.78, 5) is 34.3. The Bertz CT molecular complexity index is 924. The molecule has 1 amide bonds. The molecular formula is C17H16N4O3. The highest BCUT2D eigenvalue weighted by Crippen LogP contribution is 2.22. The van der Waals surface area contributed by atoms with Gasteiger partial charge >= 0.3 is 5.76 Å². The Morgan fingerprint density at radius 3 is 2.75 bits per heavy atom. The van der Waals surface area contributed by atoms with Gasteiger partial charge in [-0.1, -0.05) is 0 Å². The van der Waals surface area contributed by atoms with Crippen molar-refractivity contribution in [2.45, 2.75) is 0 Å². The average molecular weight is 324 g/mol. The van der Waals surface area contributed by atoms with Crippen molar-refractivity contribution in [3.63, 3.8) is 0 Å². The lowest BCUT2D eigenvalue weighted by molar-refractivity contribution is 0.0746. The number of rotatable bonds is 2. The maximum Gasteiger partial charge on any atom is 0.417 e. The predicted molar refractivity (Wildman–Crippen MR) is 89.2 cm³/mol. The van der Waals surface area contributed by atoms with E-state index in [0.717, 1.165) is 18.8 Å². The third kappa shape index (κ3) is 2.64. The summed E-state index contributed by atoms with van der Waals surface area (Å²) in [5, 5.41) is 0. The number of carbonyl (C=O) groups is 1. The molecule has 1 fully saturated rings. The van der Waals surface area contributed by atoms with E-state index in [2.05, 4.69) is 14.9 Å². The van der Waals surface area contributed by atoms with Crippen LogP contribution in [0.25, 0.3) is 11.1 Å². The fourth-order valence-corrected chi connectivity index (χ4v) is 2.97. The first-order valence-corrected chi connectivity index (χ1v) is 7.78. The molecule has 1 aliphatic rings. The van der Waals surface area contributed by atoms with Crippen LogP contribution in [0.2, 0.25) is 0 Å². The third-order valence-corrected chi connectivity index (χ3v) is 4.25. The van der Waals surface area contributed by atoms with E-state index in [1.54, 1.807) is 24.5 Å². The van der Waals surface area contributed by atoms with E-state index in [1.165, 1.54) is 0 Å². The number of piperazine rings is 1. The molecule has 1 aromatic carbocycles. The van der Waals surface area contributed by atoms with Crippen LogP contribution in [0.3, 0.4) is 0 Å². The number of fused-ring (bicyclic) bond motifs is 1. The quantitative estimate of drug-likeness (QED) is 0.772. The summed E-state index contributed by atoms with van der Waals surface area (Å²) in [7, 11) is 0. The van der Waals surface area contributed by atoms with Gasteiger partial charge in [-0.25, -0.2) is 4.79 Å². The van der Waals surface area contributed by atoms with E-state index in [1.807, 2.05) is 23.1 Å². The molecule has 7 heteroatoms. The van der Waals surface area contributed by atoms with Crippen LogP contribution in [-0.4, -0.2) is 47.0 Å². The Hall–Kier alpha value is -3.09. The number of aromatic nitrogens is 2. The molecule has 1 saturated heterocycles. The van der Waals surface area contributed by atoms with Crippen LogP contribution >= 0.6 is 0 Å². The van der Waals surface area contributed by atoms with Gasteiger partial charge in [0.15, 0.2) is 5.58 Å². The normalized spacial score (nSPS) is 15.0. The van der Waals surface area contributed by atoms with E-state index >= 15 is 0 Å². The number of pyridine rings is 1. The summed E-state index contributed by atoms with van der Waals surface area (Å²) >= 11 is 0. The first-order valence-electron chi connectivity index (χ1n) is 7.78. The number of aromatic amines is 1. The summed E-state index contributed by atoms with van der Waals surface area (Å²) in [5.74, 6) is -0.441. The zero-order valence-electron chi connectivity index (χ0n) is 12.9. The fraction of sp³-hybridized carbons (Fsp3) is 0.235. The Morgan fingerprint density at radius 1 is 1.17 bits per heavy atom. The predicted octanol–water partition coefficient (Wildman–Crippen LogP) is 1.48. The van der Waals surface area contributed by atoms with E-state index in [0.29, 0.717) is 29.8 Å². The van der Waals surface area contributed by atoms with E-state index < -0.39 is 5.76 Å². The summed E-state index contributed by atoms with van der Waals surface area (Å²) in [6.07, 6.45) is 3.25. The summed E-state index contributed by atoms with van der Waals surface area (Å²) in [6.45, 7) is 2.74. The lowest BCUT2D eigenvalue weighted by Gasteiger charge is -2.36. The van der Waals surface area contributed by atoms with Gasteiger partial charge in [0.05, 0.1) is 11.1 Å². The first kappa shape index (κ1) is 14.5. The number of amides is 1. The molecule has 3 heterocycles. The number of hydrogen-bond acceptors (Lipinski definition) is 5. The van der Waals surface area contributed by atoms with Crippen molar-refractivity contribution in [1.82, 2.24) is 14.9 Å². The van der Waals surface area contributed by atoms with E-state index in [-0.39, 0.29) is 5.91 Å². The van der Waals surface area contributed by atoms with Crippen molar-refractivity contribution in [3.05, 3.63) is 58.8 Å². The van der Waals surface area contributed by atoms with Crippen LogP contribution in [0, 0.1) is 0 Å². The van der Waals surface area contributed by atoms with Crippen molar-refractivity contribution in [3.8, 4) is 0 Å². The molecule has 1 aliphatic heterocycles. The minimum absolute atomic E-state index is 0.00910. The molecule has 0 radical (unpaired) electrons. The van der Waals surface area contributed by atoms with Crippen LogP contribution in [0.5, 0.6) is 0 Å². The molecule has 2 aromatic heterocycles. The number of carbonyl (C=O) groups excluding carboxylic acids is 1. The maximum absolute atomic E-state index is 12.4. The highest BCUT2D eigenvalue weighted by Gasteiger charge is 2.22. The Kier molecular flexibility index (Phi) is 3.53. The molecule has 7 nitrogen and oxygen atoms in total. The zero-order chi connectivity index (χ0) is 16.5. The Labute approximate surface area is 137 Å². The van der Waals surface area contributed by atoms with Gasteiger partial charge in [-0.05, 0) is 24.3 Å². The molecule has 0 aliphatic carbocycles. The lowest BCUT2D eigenvalue weighted by Crippen LogP contribution is -2.48. The number of benzene rings is 1. The van der Waals surface area contributed by atoms with Crippen LogP contribution < -0.4 is 10.7 Å². The highest BCUT2D eigenvalue weighted by molar-refractivity contribution is 5.94. The Morgan fingerprint density at radius 2 is 2.00 bits per heavy atom. The average Bonchev–Trinajstić information content (AvgIpc) is 3.01.